The quantitative estimate of drug-likeness (QED) is 0.157. The molecular formula is C47H83N5O5Si2. The molecule has 4 aliphatic rings. The fourth-order valence-corrected chi connectivity index (χ4v) is 24.0. The monoisotopic (exact) mass is 854 g/mol. The van der Waals surface area contributed by atoms with Crippen molar-refractivity contribution in [2.24, 2.45) is 5.92 Å². The normalized spacial score (nSPS) is 28.2. The van der Waals surface area contributed by atoms with Crippen LogP contribution in [-0.2, 0) is 24.8 Å². The van der Waals surface area contributed by atoms with Crippen LogP contribution in [0.25, 0.3) is 0 Å². The summed E-state index contributed by atoms with van der Waals surface area (Å²) in [6.45, 7) is 36.3. The molecule has 8 atom stereocenters. The number of rotatable bonds is 16. The minimum atomic E-state index is -2.32. The third kappa shape index (κ3) is 9.02. The van der Waals surface area contributed by atoms with E-state index < -0.39 is 22.7 Å². The lowest BCUT2D eigenvalue weighted by Crippen LogP contribution is -2.67. The molecule has 0 radical (unpaired) electrons. The van der Waals surface area contributed by atoms with Crippen LogP contribution < -0.4 is 15.4 Å². The molecule has 59 heavy (non-hydrogen) atoms. The number of piperazine rings is 1. The number of nitriles is 1. The SMILES string of the molecule is COc1c(NC(=O)[C@H]2NCCC[C@H]2OC(C)(C)C)ccc2c1[C@H](CO[Si](C(C)C)(C(C)C)C(C)C)N1[C@H](C#N)[C@@H]3C[C@@H](CO[Si](C(C)C)(C(C)C)C(C)C)[C@H]([C@@H]1C2)N3C. The number of anilines is 1. The Kier molecular flexibility index (Phi) is 15.4. The van der Waals surface area contributed by atoms with Gasteiger partial charge in [0.2, 0.25) is 5.91 Å². The number of likely N-dealkylation sites (N-methyl/N-ethyl adjacent to an activating group) is 1. The highest BCUT2D eigenvalue weighted by Crippen LogP contribution is 2.53. The Morgan fingerprint density at radius 1 is 0.898 bits per heavy atom. The second-order valence-electron chi connectivity index (χ2n) is 21.3. The van der Waals surface area contributed by atoms with Crippen LogP contribution in [0, 0.1) is 17.2 Å². The summed E-state index contributed by atoms with van der Waals surface area (Å²) in [7, 11) is -0.459. The molecule has 0 aromatic heterocycles. The number of carbonyl (C=O) groups is 1. The molecule has 10 nitrogen and oxygen atoms in total. The molecule has 0 unspecified atom stereocenters. The summed E-state index contributed by atoms with van der Waals surface area (Å²) in [4.78, 5) is 19.3. The fraction of sp³-hybridized carbons (Fsp3) is 0.830. The van der Waals surface area contributed by atoms with E-state index in [1.165, 1.54) is 5.56 Å². The molecule has 2 N–H and O–H groups in total. The van der Waals surface area contributed by atoms with E-state index in [2.05, 4.69) is 123 Å². The predicted octanol–water partition coefficient (Wildman–Crippen LogP) is 9.82. The zero-order valence-corrected chi connectivity index (χ0v) is 42.1. The number of nitrogens with zero attached hydrogens (tertiary/aromatic N) is 3. The van der Waals surface area contributed by atoms with Crippen molar-refractivity contribution in [2.45, 2.75) is 211 Å². The smallest absolute Gasteiger partial charge is 0.244 e. The van der Waals surface area contributed by atoms with E-state index in [0.29, 0.717) is 57.2 Å². The van der Waals surface area contributed by atoms with E-state index in [9.17, 15) is 10.1 Å². The lowest BCUT2D eigenvalue weighted by molar-refractivity contribution is -0.130. The number of nitrogens with one attached hydrogen (secondary N) is 2. The average Bonchev–Trinajstić information content (AvgIpc) is 3.37. The third-order valence-corrected chi connectivity index (χ3v) is 27.3. The van der Waals surface area contributed by atoms with E-state index in [1.54, 1.807) is 7.11 Å². The van der Waals surface area contributed by atoms with Gasteiger partial charge in [-0.05, 0) is 111 Å². The maximum absolute atomic E-state index is 14.2. The number of methoxy groups -OCH3 is 1. The molecular weight excluding hydrogens is 771 g/mol. The summed E-state index contributed by atoms with van der Waals surface area (Å²) in [6.07, 6.45) is 3.25. The van der Waals surface area contributed by atoms with Gasteiger partial charge in [0.05, 0.1) is 43.2 Å². The van der Waals surface area contributed by atoms with E-state index in [0.717, 1.165) is 44.4 Å². The number of hydrogen-bond acceptors (Lipinski definition) is 9. The molecule has 0 aliphatic carbocycles. The second-order valence-corrected chi connectivity index (χ2v) is 32.3. The summed E-state index contributed by atoms with van der Waals surface area (Å²) in [5.74, 6) is 0.857. The Bertz CT molecular complexity index is 1600. The number of piperidine rings is 1. The molecule has 4 aliphatic heterocycles. The average molecular weight is 854 g/mol. The predicted molar refractivity (Wildman–Crippen MR) is 246 cm³/mol. The summed E-state index contributed by atoms with van der Waals surface area (Å²) in [5, 5.41) is 18.0. The zero-order chi connectivity index (χ0) is 43.9. The molecule has 5 rings (SSSR count). The van der Waals surface area contributed by atoms with Crippen molar-refractivity contribution in [2.75, 3.05) is 39.2 Å². The highest BCUT2D eigenvalue weighted by atomic mass is 28.4. The van der Waals surface area contributed by atoms with Gasteiger partial charge < -0.3 is 29.0 Å². The Balaban J connectivity index is 1.60. The van der Waals surface area contributed by atoms with Crippen LogP contribution in [0.3, 0.4) is 0 Å². The van der Waals surface area contributed by atoms with Crippen LogP contribution in [-0.4, -0.2) is 108 Å². The lowest BCUT2D eigenvalue weighted by Gasteiger charge is -2.55. The van der Waals surface area contributed by atoms with Crippen molar-refractivity contribution in [3.05, 3.63) is 23.3 Å². The minimum absolute atomic E-state index is 0.0698. The molecule has 4 heterocycles. The van der Waals surface area contributed by atoms with Crippen LogP contribution >= 0.6 is 0 Å². The van der Waals surface area contributed by atoms with E-state index in [-0.39, 0.29) is 47.8 Å². The Morgan fingerprint density at radius 2 is 1.46 bits per heavy atom. The number of hydrogen-bond donors (Lipinski definition) is 2. The first-order valence-electron chi connectivity index (χ1n) is 23.2. The van der Waals surface area contributed by atoms with E-state index in [4.69, 9.17) is 18.3 Å². The summed E-state index contributed by atoms with van der Waals surface area (Å²) in [5.41, 5.74) is 5.27. The zero-order valence-electron chi connectivity index (χ0n) is 40.1. The first-order valence-corrected chi connectivity index (χ1v) is 27.4. The second kappa shape index (κ2) is 18.9. The molecule has 3 saturated heterocycles. The first-order chi connectivity index (χ1) is 27.6. The van der Waals surface area contributed by atoms with Gasteiger partial charge in [-0.15, -0.1) is 0 Å². The first kappa shape index (κ1) is 48.2. The summed E-state index contributed by atoms with van der Waals surface area (Å²) in [6, 6.07) is 6.42. The highest BCUT2D eigenvalue weighted by Gasteiger charge is 2.59. The molecule has 1 aromatic carbocycles. The standard InChI is InChI=1S/C47H83N5O5Si2/c1-28(2)58(29(3)4,30(5)6)55-26-35-24-37-39(25-48)52-38(44(35)51(37)16)23-34-20-21-36(50-46(53)43-41(19-18-22-49-43)57-47(13,14)15)45(54-17)42(34)40(52)27-56-59(31(7)8,32(9)10)33(11)12/h20-21,28-33,35,37-41,43-44,49H,18-19,22-24,26-27H2,1-17H3,(H,50,53)/t35-,37-,38-,39+,40-,41+,43-,44+/m0/s1. The van der Waals surface area contributed by atoms with E-state index in [1.807, 2.05) is 26.8 Å². The molecule has 1 aromatic rings. The van der Waals surface area contributed by atoms with Crippen LogP contribution in [0.15, 0.2) is 12.1 Å². The molecule has 3 fully saturated rings. The van der Waals surface area contributed by atoms with Gasteiger partial charge in [-0.3, -0.25) is 14.6 Å². The Hall–Kier alpha value is -1.83. The van der Waals surface area contributed by atoms with Crippen LogP contribution in [0.4, 0.5) is 5.69 Å². The molecule has 334 valence electrons. The van der Waals surface area contributed by atoms with Gasteiger partial charge in [0.15, 0.2) is 16.6 Å². The van der Waals surface area contributed by atoms with Crippen molar-refractivity contribution in [1.29, 1.82) is 5.26 Å². The van der Waals surface area contributed by atoms with Gasteiger partial charge >= 0.3 is 0 Å². The van der Waals surface area contributed by atoms with Crippen LogP contribution in [0.1, 0.15) is 140 Å². The maximum Gasteiger partial charge on any atom is 0.244 e. The molecule has 2 bridgehead atoms. The number of fused-ring (bicyclic) bond motifs is 5. The third-order valence-electron chi connectivity index (χ3n) is 15.1. The van der Waals surface area contributed by atoms with Gasteiger partial charge in [0.1, 0.15) is 17.8 Å². The number of carbonyl (C=O) groups excluding carboxylic acids is 1. The maximum atomic E-state index is 14.2. The van der Waals surface area contributed by atoms with Crippen molar-refractivity contribution < 1.29 is 23.1 Å². The lowest BCUT2D eigenvalue weighted by atomic mass is 9.80. The minimum Gasteiger partial charge on any atom is -0.494 e. The summed E-state index contributed by atoms with van der Waals surface area (Å²) >= 11 is 0. The Morgan fingerprint density at radius 3 is 1.97 bits per heavy atom. The molecule has 1 amide bonds. The van der Waals surface area contributed by atoms with Crippen LogP contribution in [0.5, 0.6) is 5.75 Å². The topological polar surface area (TPSA) is 108 Å². The fourth-order valence-electron chi connectivity index (χ4n) is 13.1. The van der Waals surface area contributed by atoms with Gasteiger partial charge in [-0.1, -0.05) is 89.2 Å². The van der Waals surface area contributed by atoms with Crippen molar-refractivity contribution in [3.63, 3.8) is 0 Å². The largest absolute Gasteiger partial charge is 0.494 e. The number of ether oxygens (including phenoxy) is 2. The van der Waals surface area contributed by atoms with Crippen LogP contribution in [0.2, 0.25) is 33.2 Å². The number of amides is 1. The summed E-state index contributed by atoms with van der Waals surface area (Å²) < 4.78 is 27.7. The van der Waals surface area contributed by atoms with Crippen molar-refractivity contribution >= 4 is 28.2 Å². The highest BCUT2D eigenvalue weighted by molar-refractivity contribution is 6.78. The van der Waals surface area contributed by atoms with Gasteiger partial charge in [0.25, 0.3) is 0 Å². The van der Waals surface area contributed by atoms with Gasteiger partial charge in [-0.2, -0.15) is 5.26 Å². The van der Waals surface area contributed by atoms with Gasteiger partial charge in [0, 0.05) is 30.3 Å². The molecule has 12 heteroatoms. The van der Waals surface area contributed by atoms with Gasteiger partial charge in [-0.25, -0.2) is 0 Å². The van der Waals surface area contributed by atoms with Crippen molar-refractivity contribution in [3.8, 4) is 11.8 Å². The number of benzene rings is 1. The Labute approximate surface area is 361 Å². The molecule has 0 saturated carbocycles. The molecule has 0 spiro atoms. The van der Waals surface area contributed by atoms with Crippen molar-refractivity contribution in [1.82, 2.24) is 15.1 Å². The van der Waals surface area contributed by atoms with E-state index >= 15 is 0 Å².